The number of benzene rings is 1. The molecule has 13 nitrogen and oxygen atoms in total. The molecule has 0 spiro atoms. The van der Waals surface area contributed by atoms with Crippen LogP contribution in [0.5, 0.6) is 11.5 Å². The van der Waals surface area contributed by atoms with Gasteiger partial charge in [0.05, 0.1) is 20.0 Å². The summed E-state index contributed by atoms with van der Waals surface area (Å²) in [6.07, 6.45) is -8.99. The molecule has 0 bridgehead atoms. The zero-order valence-electron chi connectivity index (χ0n) is 20.3. The molecule has 2 aliphatic heterocycles. The standard InChI is InChI=1S/C24H31NO12/c1-3-34-15(27)5-4-10-6-12-13(11-7-14(26)25-8-11)9-35-20(12)22(33-2)19(10)36-24-18(30)16(28)17(29)21(37-24)23(31)32/h6,9,11,16-18,21,23-24,28-32H,3-5,7-8H2,1-2H3,(H,25,26)/t11-,16-,17-,18+,21-,24+/m0/s1. The highest BCUT2D eigenvalue weighted by Crippen LogP contribution is 2.45. The summed E-state index contributed by atoms with van der Waals surface area (Å²) in [4.78, 5) is 23.9. The van der Waals surface area contributed by atoms with Crippen LogP contribution in [0.1, 0.15) is 36.8 Å². The largest absolute Gasteiger partial charge is 0.490 e. The molecule has 204 valence electrons. The Balaban J connectivity index is 1.76. The van der Waals surface area contributed by atoms with Crippen molar-refractivity contribution in [2.75, 3.05) is 20.3 Å². The Morgan fingerprint density at radius 3 is 2.57 bits per heavy atom. The summed E-state index contributed by atoms with van der Waals surface area (Å²) in [7, 11) is 1.36. The van der Waals surface area contributed by atoms with E-state index in [-0.39, 0.29) is 54.8 Å². The fourth-order valence-electron chi connectivity index (χ4n) is 4.64. The molecule has 1 aromatic heterocycles. The summed E-state index contributed by atoms with van der Waals surface area (Å²) in [6, 6.07) is 1.72. The highest BCUT2D eigenvalue weighted by molar-refractivity contribution is 5.92. The number of esters is 1. The van der Waals surface area contributed by atoms with Crippen LogP contribution in [0.3, 0.4) is 0 Å². The second kappa shape index (κ2) is 11.2. The van der Waals surface area contributed by atoms with Crippen LogP contribution in [0.2, 0.25) is 0 Å². The van der Waals surface area contributed by atoms with E-state index in [2.05, 4.69) is 5.32 Å². The van der Waals surface area contributed by atoms with Crippen LogP contribution in [0.4, 0.5) is 0 Å². The van der Waals surface area contributed by atoms with Crippen molar-refractivity contribution in [1.82, 2.24) is 5.32 Å². The van der Waals surface area contributed by atoms with Crippen LogP contribution < -0.4 is 14.8 Å². The van der Waals surface area contributed by atoms with Gasteiger partial charge in [0, 0.05) is 36.3 Å². The highest BCUT2D eigenvalue weighted by atomic mass is 16.7. The van der Waals surface area contributed by atoms with E-state index < -0.39 is 43.0 Å². The van der Waals surface area contributed by atoms with Gasteiger partial charge in [0.2, 0.25) is 17.9 Å². The van der Waals surface area contributed by atoms with Gasteiger partial charge in [-0.25, -0.2) is 0 Å². The number of furan rings is 1. The van der Waals surface area contributed by atoms with Gasteiger partial charge in [0.25, 0.3) is 0 Å². The van der Waals surface area contributed by atoms with Crippen molar-refractivity contribution in [2.45, 2.75) is 69.1 Å². The summed E-state index contributed by atoms with van der Waals surface area (Å²) in [6.45, 7) is 2.31. The van der Waals surface area contributed by atoms with Crippen LogP contribution in [-0.4, -0.2) is 94.7 Å². The van der Waals surface area contributed by atoms with Gasteiger partial charge >= 0.3 is 5.97 Å². The van der Waals surface area contributed by atoms with Crippen molar-refractivity contribution >= 4 is 22.8 Å². The molecule has 2 saturated heterocycles. The second-order valence-corrected chi connectivity index (χ2v) is 8.95. The maximum Gasteiger partial charge on any atom is 0.306 e. The van der Waals surface area contributed by atoms with Crippen molar-refractivity contribution in [2.24, 2.45) is 0 Å². The van der Waals surface area contributed by atoms with Crippen LogP contribution in [-0.2, 0) is 25.5 Å². The van der Waals surface area contributed by atoms with Gasteiger partial charge in [-0.1, -0.05) is 0 Å². The Morgan fingerprint density at radius 1 is 1.19 bits per heavy atom. The van der Waals surface area contributed by atoms with Gasteiger partial charge in [0.15, 0.2) is 17.6 Å². The van der Waals surface area contributed by atoms with E-state index in [4.69, 9.17) is 23.4 Å². The third-order valence-electron chi connectivity index (χ3n) is 6.54. The lowest BCUT2D eigenvalue weighted by molar-refractivity contribution is -0.310. The average molecular weight is 526 g/mol. The number of fused-ring (bicyclic) bond motifs is 1. The SMILES string of the molecule is CCOC(=O)CCc1cc2c([C@@H]3CNC(=O)C3)coc2c(OC)c1O[C@@H]1O[C@H](C(O)O)[C@@H](O)[C@H](O)[C@H]1O. The Morgan fingerprint density at radius 2 is 1.95 bits per heavy atom. The van der Waals surface area contributed by atoms with E-state index >= 15 is 0 Å². The number of hydrogen-bond acceptors (Lipinski definition) is 12. The Kier molecular flexibility index (Phi) is 8.21. The highest BCUT2D eigenvalue weighted by Gasteiger charge is 2.48. The molecule has 0 aliphatic carbocycles. The number of amides is 1. The molecule has 37 heavy (non-hydrogen) atoms. The lowest BCUT2D eigenvalue weighted by Crippen LogP contribution is -2.62. The maximum absolute atomic E-state index is 12.1. The fraction of sp³-hybridized carbons (Fsp3) is 0.583. The Hall–Kier alpha value is -2.94. The normalized spacial score (nSPS) is 27.9. The molecular formula is C24H31NO12. The molecule has 2 fully saturated rings. The number of hydrogen-bond donors (Lipinski definition) is 6. The van der Waals surface area contributed by atoms with E-state index in [0.29, 0.717) is 17.5 Å². The maximum atomic E-state index is 12.1. The van der Waals surface area contributed by atoms with Crippen molar-refractivity contribution in [3.05, 3.63) is 23.5 Å². The first-order valence-electron chi connectivity index (χ1n) is 11.9. The van der Waals surface area contributed by atoms with Gasteiger partial charge in [-0.15, -0.1) is 0 Å². The summed E-state index contributed by atoms with van der Waals surface area (Å²) >= 11 is 0. The van der Waals surface area contributed by atoms with Crippen LogP contribution in [0.25, 0.3) is 11.0 Å². The first kappa shape index (κ1) is 27.1. The average Bonchev–Trinajstić information content (AvgIpc) is 3.48. The number of rotatable bonds is 9. The molecule has 13 heteroatoms. The topological polar surface area (TPSA) is 197 Å². The number of aryl methyl sites for hydroxylation is 1. The number of carbonyl (C=O) groups excluding carboxylic acids is 2. The zero-order chi connectivity index (χ0) is 26.9. The molecule has 0 unspecified atom stereocenters. The monoisotopic (exact) mass is 525 g/mol. The Labute approximate surface area is 211 Å². The minimum absolute atomic E-state index is 0.0136. The van der Waals surface area contributed by atoms with E-state index in [1.807, 2.05) is 0 Å². The van der Waals surface area contributed by atoms with Crippen LogP contribution in [0.15, 0.2) is 16.7 Å². The Bertz CT molecular complexity index is 1130. The van der Waals surface area contributed by atoms with Gasteiger partial charge in [0.1, 0.15) is 24.4 Å². The summed E-state index contributed by atoms with van der Waals surface area (Å²) < 4.78 is 27.7. The van der Waals surface area contributed by atoms with Crippen molar-refractivity contribution < 1.29 is 58.5 Å². The smallest absolute Gasteiger partial charge is 0.306 e. The van der Waals surface area contributed by atoms with Crippen LogP contribution >= 0.6 is 0 Å². The molecule has 0 radical (unpaired) electrons. The minimum Gasteiger partial charge on any atom is -0.490 e. The summed E-state index contributed by atoms with van der Waals surface area (Å²) in [5, 5.41) is 53.3. The first-order chi connectivity index (χ1) is 17.7. The van der Waals surface area contributed by atoms with Crippen molar-refractivity contribution in [3.8, 4) is 11.5 Å². The fourth-order valence-corrected chi connectivity index (χ4v) is 4.64. The van der Waals surface area contributed by atoms with E-state index in [0.717, 1.165) is 5.56 Å². The second-order valence-electron chi connectivity index (χ2n) is 8.95. The number of methoxy groups -OCH3 is 1. The number of ether oxygens (including phenoxy) is 4. The molecule has 0 saturated carbocycles. The molecule has 6 atom stereocenters. The zero-order valence-corrected chi connectivity index (χ0v) is 20.3. The molecular weight excluding hydrogens is 494 g/mol. The van der Waals surface area contributed by atoms with Gasteiger partial charge < -0.3 is 54.2 Å². The third-order valence-corrected chi connectivity index (χ3v) is 6.54. The molecule has 1 aromatic carbocycles. The molecule has 1 amide bonds. The molecule has 4 rings (SSSR count). The van der Waals surface area contributed by atoms with Gasteiger partial charge in [-0.3, -0.25) is 9.59 Å². The van der Waals surface area contributed by atoms with Crippen LogP contribution in [0, 0.1) is 0 Å². The number of carbonyl (C=O) groups is 2. The number of aliphatic hydroxyl groups excluding tert-OH is 4. The lowest BCUT2D eigenvalue weighted by atomic mass is 9.95. The quantitative estimate of drug-likeness (QED) is 0.173. The van der Waals surface area contributed by atoms with E-state index in [9.17, 15) is 35.1 Å². The van der Waals surface area contributed by atoms with E-state index in [1.54, 1.807) is 13.0 Å². The summed E-state index contributed by atoms with van der Waals surface area (Å²) in [5.41, 5.74) is 1.47. The predicted octanol–water partition coefficient (Wildman–Crippen LogP) is -0.962. The van der Waals surface area contributed by atoms with Crippen molar-refractivity contribution in [1.29, 1.82) is 0 Å². The minimum atomic E-state index is -2.17. The van der Waals surface area contributed by atoms with Gasteiger partial charge in [-0.2, -0.15) is 0 Å². The molecule has 3 heterocycles. The molecule has 2 aromatic rings. The third kappa shape index (κ3) is 5.37. The number of nitrogens with one attached hydrogen (secondary N) is 1. The van der Waals surface area contributed by atoms with E-state index in [1.165, 1.54) is 13.4 Å². The van der Waals surface area contributed by atoms with Crippen molar-refractivity contribution in [3.63, 3.8) is 0 Å². The molecule has 6 N–H and O–H groups in total. The summed E-state index contributed by atoms with van der Waals surface area (Å²) in [5.74, 6) is -0.577. The number of aliphatic hydroxyl groups is 5. The predicted molar refractivity (Wildman–Crippen MR) is 124 cm³/mol. The first-order valence-corrected chi connectivity index (χ1v) is 11.9. The van der Waals surface area contributed by atoms with Gasteiger partial charge in [-0.05, 0) is 25.0 Å². The molecule has 2 aliphatic rings. The lowest BCUT2D eigenvalue weighted by Gasteiger charge is -2.41.